The smallest absolute Gasteiger partial charge is 0.335 e. The van der Waals surface area contributed by atoms with Gasteiger partial charge in [-0.1, -0.05) is 12.1 Å². The molecule has 2 aromatic rings. The fourth-order valence-electron chi connectivity index (χ4n) is 2.93. The number of hydrogen-bond donors (Lipinski definition) is 1. The maximum absolute atomic E-state index is 12.8. The molecule has 0 aliphatic carbocycles. The number of nitrogens with zero attached hydrogens (tertiary/aromatic N) is 1. The zero-order valence-electron chi connectivity index (χ0n) is 14.5. The fraction of sp³-hybridized carbons (Fsp3) is 0.263. The Labute approximate surface area is 152 Å². The molecule has 0 radical (unpaired) electrons. The van der Waals surface area contributed by atoms with Crippen LogP contribution in [-0.4, -0.2) is 35.6 Å². The maximum Gasteiger partial charge on any atom is 0.335 e. The van der Waals surface area contributed by atoms with Crippen LogP contribution in [-0.2, 0) is 22.9 Å². The van der Waals surface area contributed by atoms with Crippen LogP contribution in [0.25, 0.3) is 0 Å². The molecule has 7 heteroatoms. The van der Waals surface area contributed by atoms with Crippen molar-refractivity contribution in [1.29, 1.82) is 0 Å². The first-order valence-electron chi connectivity index (χ1n) is 8.18. The lowest BCUT2D eigenvalue weighted by atomic mass is 10.1. The number of aromatic carboxylic acids is 1. The van der Waals surface area contributed by atoms with Crippen molar-refractivity contribution in [3.8, 4) is 0 Å². The summed E-state index contributed by atoms with van der Waals surface area (Å²) < 4.78 is 24.7. The van der Waals surface area contributed by atoms with Gasteiger partial charge in [0.15, 0.2) is 9.84 Å². The molecule has 0 fully saturated rings. The lowest BCUT2D eigenvalue weighted by molar-refractivity contribution is 0.0696. The van der Waals surface area contributed by atoms with Crippen LogP contribution in [0.5, 0.6) is 0 Å². The molecule has 0 saturated carbocycles. The van der Waals surface area contributed by atoms with E-state index >= 15 is 0 Å². The highest BCUT2D eigenvalue weighted by molar-refractivity contribution is 7.92. The van der Waals surface area contributed by atoms with Crippen LogP contribution in [0.2, 0.25) is 0 Å². The number of hydrogen-bond acceptors (Lipinski definition) is 4. The second-order valence-corrected chi connectivity index (χ2v) is 9.08. The van der Waals surface area contributed by atoms with Crippen LogP contribution < -0.4 is 0 Å². The number of carbonyl (C=O) groups excluding carboxylic acids is 1. The highest BCUT2D eigenvalue weighted by atomic mass is 32.2. The van der Waals surface area contributed by atoms with Gasteiger partial charge in [-0.15, -0.1) is 0 Å². The molecule has 0 bridgehead atoms. The monoisotopic (exact) mass is 373 g/mol. The molecule has 136 valence electrons. The van der Waals surface area contributed by atoms with Crippen LogP contribution in [0.15, 0.2) is 47.4 Å². The van der Waals surface area contributed by atoms with E-state index in [4.69, 9.17) is 5.11 Å². The summed E-state index contributed by atoms with van der Waals surface area (Å²) in [4.78, 5) is 25.6. The van der Waals surface area contributed by atoms with E-state index in [9.17, 15) is 18.0 Å². The lowest BCUT2D eigenvalue weighted by Gasteiger charge is -2.16. The van der Waals surface area contributed by atoms with Gasteiger partial charge in [-0.3, -0.25) is 4.79 Å². The van der Waals surface area contributed by atoms with Gasteiger partial charge in [-0.25, -0.2) is 13.2 Å². The van der Waals surface area contributed by atoms with Crippen molar-refractivity contribution in [3.63, 3.8) is 0 Å². The van der Waals surface area contributed by atoms with E-state index in [1.807, 2.05) is 0 Å². The molecule has 1 N–H and O–H groups in total. The van der Waals surface area contributed by atoms with Crippen LogP contribution >= 0.6 is 0 Å². The SMILES string of the molecule is CC(C)S(=O)(=O)c1cccc(C(=O)N2Cc3ccc(C(=O)O)cc3C2)c1. The maximum atomic E-state index is 12.8. The zero-order chi connectivity index (χ0) is 19.1. The van der Waals surface area contributed by atoms with E-state index in [2.05, 4.69) is 0 Å². The second-order valence-electron chi connectivity index (χ2n) is 6.57. The molecule has 0 spiro atoms. The van der Waals surface area contributed by atoms with Gasteiger partial charge in [-0.2, -0.15) is 0 Å². The molecule has 6 nitrogen and oxygen atoms in total. The summed E-state index contributed by atoms with van der Waals surface area (Å²) in [6.07, 6.45) is 0. The highest BCUT2D eigenvalue weighted by Crippen LogP contribution is 2.26. The number of benzene rings is 2. The summed E-state index contributed by atoms with van der Waals surface area (Å²) in [7, 11) is -3.46. The quantitative estimate of drug-likeness (QED) is 0.890. The standard InChI is InChI=1S/C19H19NO5S/c1-12(2)26(24,25)17-5-3-4-13(9-17)18(21)20-10-15-7-6-14(19(22)23)8-16(15)11-20/h3-9,12H,10-11H2,1-2H3,(H,22,23). The Morgan fingerprint density at radius 1 is 1.00 bits per heavy atom. The number of fused-ring (bicyclic) bond motifs is 1. The number of carboxylic acid groups (broad SMARTS) is 1. The van der Waals surface area contributed by atoms with Crippen molar-refractivity contribution in [2.45, 2.75) is 37.1 Å². The zero-order valence-corrected chi connectivity index (χ0v) is 15.3. The van der Waals surface area contributed by atoms with Crippen molar-refractivity contribution in [2.24, 2.45) is 0 Å². The Kier molecular flexibility index (Phi) is 4.58. The summed E-state index contributed by atoms with van der Waals surface area (Å²) in [5.41, 5.74) is 2.18. The van der Waals surface area contributed by atoms with Gasteiger partial charge >= 0.3 is 5.97 Å². The van der Waals surface area contributed by atoms with Crippen molar-refractivity contribution in [2.75, 3.05) is 0 Å². The minimum absolute atomic E-state index is 0.128. The number of amides is 1. The van der Waals surface area contributed by atoms with E-state index in [-0.39, 0.29) is 16.4 Å². The first kappa shape index (κ1) is 18.1. The van der Waals surface area contributed by atoms with E-state index < -0.39 is 21.1 Å². The molecule has 0 saturated heterocycles. The number of sulfone groups is 1. The van der Waals surface area contributed by atoms with Crippen molar-refractivity contribution in [3.05, 3.63) is 64.7 Å². The average Bonchev–Trinajstić information content (AvgIpc) is 3.04. The molecule has 1 aliphatic rings. The molecule has 1 aliphatic heterocycles. The lowest BCUT2D eigenvalue weighted by Crippen LogP contribution is -2.25. The van der Waals surface area contributed by atoms with E-state index in [1.165, 1.54) is 18.2 Å². The Hall–Kier alpha value is -2.67. The summed E-state index contributed by atoms with van der Waals surface area (Å²) >= 11 is 0. The van der Waals surface area contributed by atoms with Crippen molar-refractivity contribution >= 4 is 21.7 Å². The van der Waals surface area contributed by atoms with Gasteiger partial charge in [0.25, 0.3) is 5.91 Å². The first-order chi connectivity index (χ1) is 12.2. The second kappa shape index (κ2) is 6.57. The number of carbonyl (C=O) groups is 2. The third kappa shape index (κ3) is 3.22. The van der Waals surface area contributed by atoms with Crippen molar-refractivity contribution < 1.29 is 23.1 Å². The van der Waals surface area contributed by atoms with E-state index in [0.29, 0.717) is 18.7 Å². The highest BCUT2D eigenvalue weighted by Gasteiger charge is 2.26. The third-order valence-electron chi connectivity index (χ3n) is 4.49. The Morgan fingerprint density at radius 2 is 1.69 bits per heavy atom. The predicted octanol–water partition coefficient (Wildman–Crippen LogP) is 2.72. The molecule has 0 unspecified atom stereocenters. The largest absolute Gasteiger partial charge is 0.478 e. The molecule has 26 heavy (non-hydrogen) atoms. The number of rotatable bonds is 4. The normalized spacial score (nSPS) is 13.7. The topological polar surface area (TPSA) is 91.8 Å². The Bertz CT molecular complexity index is 995. The molecule has 0 atom stereocenters. The summed E-state index contributed by atoms with van der Waals surface area (Å²) in [5.74, 6) is -1.29. The molecular formula is C19H19NO5S. The fourth-order valence-corrected chi connectivity index (χ4v) is 4.04. The van der Waals surface area contributed by atoms with Crippen LogP contribution in [0.1, 0.15) is 45.7 Å². The van der Waals surface area contributed by atoms with Gasteiger partial charge in [0.2, 0.25) is 0 Å². The molecule has 2 aromatic carbocycles. The van der Waals surface area contributed by atoms with Crippen molar-refractivity contribution in [1.82, 2.24) is 4.90 Å². The Morgan fingerprint density at radius 3 is 2.35 bits per heavy atom. The Balaban J connectivity index is 1.86. The summed E-state index contributed by atoms with van der Waals surface area (Å²) in [6, 6.07) is 10.9. The first-order valence-corrected chi connectivity index (χ1v) is 9.73. The van der Waals surface area contributed by atoms with Gasteiger partial charge in [-0.05, 0) is 55.3 Å². The summed E-state index contributed by atoms with van der Waals surface area (Å²) in [6.45, 7) is 3.87. The summed E-state index contributed by atoms with van der Waals surface area (Å²) in [5, 5.41) is 8.51. The van der Waals surface area contributed by atoms with Gasteiger partial charge in [0, 0.05) is 18.7 Å². The molecule has 1 heterocycles. The molecule has 3 rings (SSSR count). The molecule has 0 aromatic heterocycles. The molecular weight excluding hydrogens is 354 g/mol. The average molecular weight is 373 g/mol. The van der Waals surface area contributed by atoms with Gasteiger partial charge < -0.3 is 10.0 Å². The van der Waals surface area contributed by atoms with Crippen LogP contribution in [0, 0.1) is 0 Å². The minimum atomic E-state index is -3.46. The van der Waals surface area contributed by atoms with Gasteiger partial charge in [0.05, 0.1) is 15.7 Å². The minimum Gasteiger partial charge on any atom is -0.478 e. The number of carboxylic acids is 1. The molecule has 1 amide bonds. The van der Waals surface area contributed by atoms with Crippen LogP contribution in [0.3, 0.4) is 0 Å². The van der Waals surface area contributed by atoms with E-state index in [0.717, 1.165) is 11.1 Å². The third-order valence-corrected chi connectivity index (χ3v) is 6.65. The van der Waals surface area contributed by atoms with Crippen LogP contribution in [0.4, 0.5) is 0 Å². The van der Waals surface area contributed by atoms with Gasteiger partial charge in [0.1, 0.15) is 0 Å². The predicted molar refractivity (Wildman–Crippen MR) is 95.7 cm³/mol. The van der Waals surface area contributed by atoms with E-state index in [1.54, 1.807) is 43.0 Å².